The van der Waals surface area contributed by atoms with Crippen molar-refractivity contribution in [2.24, 2.45) is 0 Å². The number of benzene rings is 2. The third-order valence-electron chi connectivity index (χ3n) is 4.68. The van der Waals surface area contributed by atoms with E-state index in [4.69, 9.17) is 23.2 Å². The maximum atomic E-state index is 6.07. The molecule has 26 heavy (non-hydrogen) atoms. The van der Waals surface area contributed by atoms with Crippen LogP contribution < -0.4 is 10.6 Å². The van der Waals surface area contributed by atoms with Crippen LogP contribution in [0.4, 0.5) is 0 Å². The molecule has 2 aromatic carbocycles. The fourth-order valence-corrected chi connectivity index (χ4v) is 3.84. The molecule has 2 aromatic rings. The topological polar surface area (TPSA) is 24.1 Å². The number of nitrogens with one attached hydrogen (secondary N) is 2. The summed E-state index contributed by atoms with van der Waals surface area (Å²) in [5.41, 5.74) is 2.48. The summed E-state index contributed by atoms with van der Waals surface area (Å²) < 4.78 is 0. The highest BCUT2D eigenvalue weighted by molar-refractivity contribution is 6.30. The zero-order valence-electron chi connectivity index (χ0n) is 14.6. The van der Waals surface area contributed by atoms with Crippen molar-refractivity contribution in [3.05, 3.63) is 69.7 Å². The molecule has 0 radical (unpaired) electrons. The molecule has 0 amide bonds. The van der Waals surface area contributed by atoms with Gasteiger partial charge in [-0.3, -0.25) is 0 Å². The lowest BCUT2D eigenvalue weighted by Crippen LogP contribution is -2.49. The van der Waals surface area contributed by atoms with E-state index in [-0.39, 0.29) is 24.8 Å². The largest absolute Gasteiger partial charge is 0.308 e. The molecule has 3 rings (SSSR count). The van der Waals surface area contributed by atoms with Crippen molar-refractivity contribution in [2.75, 3.05) is 0 Å². The average Bonchev–Trinajstić information content (AvgIpc) is 2.59. The highest BCUT2D eigenvalue weighted by atomic mass is 35.5. The van der Waals surface area contributed by atoms with Gasteiger partial charge in [0.2, 0.25) is 0 Å². The van der Waals surface area contributed by atoms with Crippen LogP contribution in [0.3, 0.4) is 0 Å². The lowest BCUT2D eigenvalue weighted by atomic mass is 9.90. The summed E-state index contributed by atoms with van der Waals surface area (Å²) in [7, 11) is 0. The van der Waals surface area contributed by atoms with E-state index < -0.39 is 0 Å². The van der Waals surface area contributed by atoms with Crippen molar-refractivity contribution in [3.8, 4) is 0 Å². The molecule has 6 heteroatoms. The predicted molar refractivity (Wildman–Crippen MR) is 117 cm³/mol. The fraction of sp³-hybridized carbons (Fsp3) is 0.400. The van der Waals surface area contributed by atoms with Gasteiger partial charge in [-0.25, -0.2) is 0 Å². The van der Waals surface area contributed by atoms with Crippen LogP contribution in [0.2, 0.25) is 10.0 Å². The summed E-state index contributed by atoms with van der Waals surface area (Å²) in [6.45, 7) is 1.72. The molecule has 0 unspecified atom stereocenters. The van der Waals surface area contributed by atoms with Gasteiger partial charge in [0.15, 0.2) is 0 Å². The predicted octanol–water partition coefficient (Wildman–Crippen LogP) is 6.03. The molecule has 2 N–H and O–H groups in total. The smallest absolute Gasteiger partial charge is 0.0409 e. The molecule has 0 aromatic heterocycles. The van der Waals surface area contributed by atoms with Gasteiger partial charge in [-0.2, -0.15) is 0 Å². The van der Waals surface area contributed by atoms with Crippen LogP contribution in [-0.4, -0.2) is 12.1 Å². The minimum absolute atomic E-state index is 0. The number of hydrogen-bond acceptors (Lipinski definition) is 2. The van der Waals surface area contributed by atoms with Crippen LogP contribution in [0.5, 0.6) is 0 Å². The van der Waals surface area contributed by atoms with E-state index in [1.54, 1.807) is 0 Å². The third-order valence-corrected chi connectivity index (χ3v) is 5.15. The maximum absolute atomic E-state index is 6.07. The Morgan fingerprint density at radius 3 is 1.54 bits per heavy atom. The van der Waals surface area contributed by atoms with Crippen LogP contribution in [0, 0.1) is 0 Å². The van der Waals surface area contributed by atoms with E-state index in [9.17, 15) is 0 Å². The fourth-order valence-electron chi connectivity index (χ4n) is 3.41. The zero-order valence-corrected chi connectivity index (χ0v) is 17.7. The maximum Gasteiger partial charge on any atom is 0.0409 e. The lowest BCUT2D eigenvalue weighted by Gasteiger charge is -2.33. The van der Waals surface area contributed by atoms with Crippen molar-refractivity contribution in [1.29, 1.82) is 0 Å². The monoisotopic (exact) mass is 434 g/mol. The molecular formula is C20H26Cl4N2. The molecule has 1 saturated carbocycles. The molecule has 0 aliphatic heterocycles. The van der Waals surface area contributed by atoms with E-state index in [1.165, 1.54) is 36.8 Å². The molecular weight excluding hydrogens is 410 g/mol. The van der Waals surface area contributed by atoms with Gasteiger partial charge in [-0.05, 0) is 48.2 Å². The molecule has 2 nitrogen and oxygen atoms in total. The molecule has 1 aliphatic carbocycles. The first kappa shape index (κ1) is 23.6. The van der Waals surface area contributed by atoms with Crippen LogP contribution in [0.25, 0.3) is 0 Å². The first-order valence-electron chi connectivity index (χ1n) is 8.66. The highest BCUT2D eigenvalue weighted by Gasteiger charge is 2.24. The molecule has 1 aliphatic rings. The Balaban J connectivity index is 0.00000169. The van der Waals surface area contributed by atoms with E-state index in [0.29, 0.717) is 12.1 Å². The van der Waals surface area contributed by atoms with Crippen molar-refractivity contribution >= 4 is 48.0 Å². The number of hydrogen-bond donors (Lipinski definition) is 2. The standard InChI is InChI=1S/C20H24Cl2N2.2ClH/c21-17-7-3-5-15(11-17)13-23-19-9-1-2-10-20(19)24-14-16-6-4-8-18(22)12-16;;/h3-8,11-12,19-20,23-24H,1-2,9-10,13-14H2;2*1H/t19-,20-;;/m0../s1. The normalized spacial score (nSPS) is 19.3. The molecule has 2 atom stereocenters. The summed E-state index contributed by atoms with van der Waals surface area (Å²) in [6, 6.07) is 17.2. The first-order chi connectivity index (χ1) is 11.7. The summed E-state index contributed by atoms with van der Waals surface area (Å²) in [4.78, 5) is 0. The van der Waals surface area contributed by atoms with E-state index in [2.05, 4.69) is 22.8 Å². The summed E-state index contributed by atoms with van der Waals surface area (Å²) in [5.74, 6) is 0. The van der Waals surface area contributed by atoms with E-state index >= 15 is 0 Å². The van der Waals surface area contributed by atoms with Gasteiger partial charge in [0.1, 0.15) is 0 Å². The Bertz CT molecular complexity index is 608. The van der Waals surface area contributed by atoms with Crippen LogP contribution in [0.15, 0.2) is 48.5 Å². The van der Waals surface area contributed by atoms with Gasteiger partial charge in [0.25, 0.3) is 0 Å². The Hall–Kier alpha value is -0.480. The molecule has 1 fully saturated rings. The van der Waals surface area contributed by atoms with Crippen molar-refractivity contribution in [2.45, 2.75) is 50.9 Å². The molecule has 0 spiro atoms. The van der Waals surface area contributed by atoms with Gasteiger partial charge in [0.05, 0.1) is 0 Å². The minimum atomic E-state index is 0. The second kappa shape index (κ2) is 12.1. The second-order valence-electron chi connectivity index (χ2n) is 6.52. The van der Waals surface area contributed by atoms with Crippen LogP contribution in [-0.2, 0) is 13.1 Å². The van der Waals surface area contributed by atoms with Gasteiger partial charge >= 0.3 is 0 Å². The van der Waals surface area contributed by atoms with Crippen molar-refractivity contribution in [3.63, 3.8) is 0 Å². The lowest BCUT2D eigenvalue weighted by molar-refractivity contribution is 0.281. The first-order valence-corrected chi connectivity index (χ1v) is 9.42. The zero-order chi connectivity index (χ0) is 16.8. The Morgan fingerprint density at radius 2 is 1.15 bits per heavy atom. The molecule has 0 bridgehead atoms. The van der Waals surface area contributed by atoms with Gasteiger partial charge in [-0.15, -0.1) is 24.8 Å². The van der Waals surface area contributed by atoms with E-state index in [0.717, 1.165) is 23.1 Å². The van der Waals surface area contributed by atoms with Gasteiger partial charge in [-0.1, -0.05) is 60.3 Å². The Kier molecular flexibility index (Phi) is 10.9. The summed E-state index contributed by atoms with van der Waals surface area (Å²) >= 11 is 12.1. The Labute approximate surface area is 178 Å². The van der Waals surface area contributed by atoms with Gasteiger partial charge < -0.3 is 10.6 Å². The molecule has 144 valence electrons. The average molecular weight is 436 g/mol. The third kappa shape index (κ3) is 7.26. The van der Waals surface area contributed by atoms with Crippen LogP contribution in [0.1, 0.15) is 36.8 Å². The van der Waals surface area contributed by atoms with Crippen molar-refractivity contribution < 1.29 is 0 Å². The number of halogens is 4. The van der Waals surface area contributed by atoms with E-state index in [1.807, 2.05) is 36.4 Å². The molecule has 0 saturated heterocycles. The quantitative estimate of drug-likeness (QED) is 0.578. The SMILES string of the molecule is Cl.Cl.Clc1cccc(CN[C@H]2CCCC[C@@H]2NCc2cccc(Cl)c2)c1. The van der Waals surface area contributed by atoms with Gasteiger partial charge in [0, 0.05) is 35.2 Å². The number of rotatable bonds is 6. The summed E-state index contributed by atoms with van der Waals surface area (Å²) in [5, 5.41) is 9.03. The highest BCUT2D eigenvalue weighted by Crippen LogP contribution is 2.20. The van der Waals surface area contributed by atoms with Crippen molar-refractivity contribution in [1.82, 2.24) is 10.6 Å². The van der Waals surface area contributed by atoms with Crippen LogP contribution >= 0.6 is 48.0 Å². The summed E-state index contributed by atoms with van der Waals surface area (Å²) in [6.07, 6.45) is 5.02. The second-order valence-corrected chi connectivity index (χ2v) is 7.39. The Morgan fingerprint density at radius 1 is 0.731 bits per heavy atom. The molecule has 0 heterocycles. The minimum Gasteiger partial charge on any atom is -0.308 e.